The van der Waals surface area contributed by atoms with Crippen molar-refractivity contribution in [2.45, 2.75) is 19.7 Å². The van der Waals surface area contributed by atoms with Gasteiger partial charge in [-0.1, -0.05) is 12.1 Å². The SMILES string of the molecule is CCOCCOC(=O)Cc1cccc(OC(F)(F)F)c1. The number of halogens is 3. The normalized spacial score (nSPS) is 11.2. The highest BCUT2D eigenvalue weighted by molar-refractivity contribution is 5.72. The minimum atomic E-state index is -4.75. The summed E-state index contributed by atoms with van der Waals surface area (Å²) in [6.45, 7) is 2.74. The Kier molecular flexibility index (Phi) is 6.30. The van der Waals surface area contributed by atoms with Crippen molar-refractivity contribution < 1.29 is 32.2 Å². The standard InChI is InChI=1S/C13H15F3O4/c1-2-18-6-7-19-12(17)9-10-4-3-5-11(8-10)20-13(14,15)16/h3-5,8H,2,6-7,9H2,1H3. The first-order valence-corrected chi connectivity index (χ1v) is 5.99. The van der Waals surface area contributed by atoms with Crippen molar-refractivity contribution in [3.05, 3.63) is 29.8 Å². The van der Waals surface area contributed by atoms with Crippen LogP contribution in [0.5, 0.6) is 5.75 Å². The third kappa shape index (κ3) is 6.98. The quantitative estimate of drug-likeness (QED) is 0.572. The molecular weight excluding hydrogens is 277 g/mol. The Morgan fingerprint density at radius 2 is 2.00 bits per heavy atom. The van der Waals surface area contributed by atoms with E-state index in [9.17, 15) is 18.0 Å². The molecule has 0 spiro atoms. The summed E-state index contributed by atoms with van der Waals surface area (Å²) in [5.41, 5.74) is 0.383. The summed E-state index contributed by atoms with van der Waals surface area (Å²) in [6.07, 6.45) is -4.88. The van der Waals surface area contributed by atoms with Gasteiger partial charge < -0.3 is 14.2 Å². The summed E-state index contributed by atoms with van der Waals surface area (Å²) in [5.74, 6) is -0.897. The molecule has 0 aliphatic rings. The number of rotatable bonds is 7. The Balaban J connectivity index is 2.47. The van der Waals surface area contributed by atoms with Gasteiger partial charge in [-0.05, 0) is 24.6 Å². The summed E-state index contributed by atoms with van der Waals surface area (Å²) in [7, 11) is 0. The molecule has 112 valence electrons. The van der Waals surface area contributed by atoms with Crippen molar-refractivity contribution in [3.63, 3.8) is 0 Å². The molecule has 0 amide bonds. The van der Waals surface area contributed by atoms with Crippen molar-refractivity contribution in [1.29, 1.82) is 0 Å². The van der Waals surface area contributed by atoms with Gasteiger partial charge in [0, 0.05) is 6.61 Å². The average Bonchev–Trinajstić information content (AvgIpc) is 2.33. The van der Waals surface area contributed by atoms with Crippen LogP contribution in [0.15, 0.2) is 24.3 Å². The predicted octanol–water partition coefficient (Wildman–Crippen LogP) is 2.71. The molecule has 0 fully saturated rings. The Labute approximate surface area is 114 Å². The van der Waals surface area contributed by atoms with Gasteiger partial charge in [-0.25, -0.2) is 0 Å². The summed E-state index contributed by atoms with van der Waals surface area (Å²) >= 11 is 0. The molecule has 0 aromatic heterocycles. The molecule has 0 unspecified atom stereocenters. The molecule has 0 aliphatic carbocycles. The minimum Gasteiger partial charge on any atom is -0.463 e. The number of carbonyl (C=O) groups excluding carboxylic acids is 1. The lowest BCUT2D eigenvalue weighted by Crippen LogP contribution is -2.17. The summed E-state index contributed by atoms with van der Waals surface area (Å²) < 4.78 is 49.8. The Morgan fingerprint density at radius 3 is 2.65 bits per heavy atom. The van der Waals surface area contributed by atoms with Crippen LogP contribution in [-0.2, 0) is 20.7 Å². The predicted molar refractivity (Wildman–Crippen MR) is 64.3 cm³/mol. The second-order valence-electron chi connectivity index (χ2n) is 3.79. The molecule has 4 nitrogen and oxygen atoms in total. The molecule has 0 bridgehead atoms. The number of esters is 1. The second kappa shape index (κ2) is 7.74. The zero-order valence-electron chi connectivity index (χ0n) is 10.9. The molecular formula is C13H15F3O4. The third-order valence-electron chi connectivity index (χ3n) is 2.18. The van der Waals surface area contributed by atoms with E-state index in [1.165, 1.54) is 12.1 Å². The van der Waals surface area contributed by atoms with E-state index < -0.39 is 12.3 Å². The molecule has 1 rings (SSSR count). The van der Waals surface area contributed by atoms with Crippen LogP contribution < -0.4 is 4.74 Å². The molecule has 0 N–H and O–H groups in total. The molecule has 0 radical (unpaired) electrons. The molecule has 0 saturated carbocycles. The van der Waals surface area contributed by atoms with Gasteiger partial charge >= 0.3 is 12.3 Å². The highest BCUT2D eigenvalue weighted by Crippen LogP contribution is 2.23. The van der Waals surface area contributed by atoms with Crippen LogP contribution in [0.3, 0.4) is 0 Å². The summed E-state index contributed by atoms with van der Waals surface area (Å²) in [6, 6.07) is 5.21. The van der Waals surface area contributed by atoms with Crippen molar-refractivity contribution in [3.8, 4) is 5.75 Å². The first kappa shape index (κ1) is 16.3. The summed E-state index contributed by atoms with van der Waals surface area (Å²) in [4.78, 5) is 11.4. The maximum Gasteiger partial charge on any atom is 0.573 e. The second-order valence-corrected chi connectivity index (χ2v) is 3.79. The largest absolute Gasteiger partial charge is 0.573 e. The Morgan fingerprint density at radius 1 is 1.25 bits per heavy atom. The van der Waals surface area contributed by atoms with E-state index in [1.807, 2.05) is 6.92 Å². The van der Waals surface area contributed by atoms with E-state index in [0.29, 0.717) is 18.8 Å². The molecule has 1 aromatic rings. The van der Waals surface area contributed by atoms with E-state index >= 15 is 0 Å². The molecule has 0 aliphatic heterocycles. The fraction of sp³-hybridized carbons (Fsp3) is 0.462. The van der Waals surface area contributed by atoms with Crippen LogP contribution in [0, 0.1) is 0 Å². The molecule has 1 aromatic carbocycles. The molecule has 0 atom stereocenters. The number of hydrogen-bond acceptors (Lipinski definition) is 4. The van der Waals surface area contributed by atoms with Crippen LogP contribution in [0.1, 0.15) is 12.5 Å². The molecule has 20 heavy (non-hydrogen) atoms. The Bertz CT molecular complexity index is 432. The fourth-order valence-corrected chi connectivity index (χ4v) is 1.43. The highest BCUT2D eigenvalue weighted by Gasteiger charge is 2.31. The number of benzene rings is 1. The van der Waals surface area contributed by atoms with Gasteiger partial charge in [0.05, 0.1) is 13.0 Å². The van der Waals surface area contributed by atoms with Gasteiger partial charge in [0.1, 0.15) is 12.4 Å². The van der Waals surface area contributed by atoms with Crippen molar-refractivity contribution in [1.82, 2.24) is 0 Å². The van der Waals surface area contributed by atoms with E-state index in [4.69, 9.17) is 9.47 Å². The van der Waals surface area contributed by atoms with Gasteiger partial charge in [-0.3, -0.25) is 4.79 Å². The van der Waals surface area contributed by atoms with Crippen LogP contribution in [0.2, 0.25) is 0 Å². The van der Waals surface area contributed by atoms with E-state index in [0.717, 1.165) is 12.1 Å². The zero-order chi connectivity index (χ0) is 15.0. The van der Waals surface area contributed by atoms with Crippen molar-refractivity contribution >= 4 is 5.97 Å². The maximum atomic E-state index is 12.0. The van der Waals surface area contributed by atoms with Gasteiger partial charge in [0.2, 0.25) is 0 Å². The number of carbonyl (C=O) groups is 1. The van der Waals surface area contributed by atoms with Crippen molar-refractivity contribution in [2.75, 3.05) is 19.8 Å². The number of hydrogen-bond donors (Lipinski definition) is 0. The minimum absolute atomic E-state index is 0.116. The molecule has 0 saturated heterocycles. The lowest BCUT2D eigenvalue weighted by atomic mass is 10.1. The topological polar surface area (TPSA) is 44.8 Å². The first-order valence-electron chi connectivity index (χ1n) is 5.99. The average molecular weight is 292 g/mol. The zero-order valence-corrected chi connectivity index (χ0v) is 10.9. The fourth-order valence-electron chi connectivity index (χ4n) is 1.43. The van der Waals surface area contributed by atoms with E-state index in [-0.39, 0.29) is 18.8 Å². The van der Waals surface area contributed by atoms with Crippen LogP contribution >= 0.6 is 0 Å². The van der Waals surface area contributed by atoms with Gasteiger partial charge in [0.15, 0.2) is 0 Å². The number of ether oxygens (including phenoxy) is 3. The van der Waals surface area contributed by atoms with Crippen molar-refractivity contribution in [2.24, 2.45) is 0 Å². The third-order valence-corrected chi connectivity index (χ3v) is 2.18. The monoisotopic (exact) mass is 292 g/mol. The van der Waals surface area contributed by atoms with E-state index in [2.05, 4.69) is 4.74 Å². The van der Waals surface area contributed by atoms with Gasteiger partial charge in [-0.15, -0.1) is 13.2 Å². The lowest BCUT2D eigenvalue weighted by Gasteiger charge is -2.10. The molecule has 0 heterocycles. The maximum absolute atomic E-state index is 12.0. The van der Waals surface area contributed by atoms with Gasteiger partial charge in [-0.2, -0.15) is 0 Å². The van der Waals surface area contributed by atoms with Crippen LogP contribution in [0.25, 0.3) is 0 Å². The smallest absolute Gasteiger partial charge is 0.463 e. The first-order chi connectivity index (χ1) is 9.40. The van der Waals surface area contributed by atoms with Crippen LogP contribution in [0.4, 0.5) is 13.2 Å². The highest BCUT2D eigenvalue weighted by atomic mass is 19.4. The lowest BCUT2D eigenvalue weighted by molar-refractivity contribution is -0.274. The summed E-state index contributed by atoms with van der Waals surface area (Å²) in [5, 5.41) is 0. The number of alkyl halides is 3. The molecule has 7 heteroatoms. The van der Waals surface area contributed by atoms with E-state index in [1.54, 1.807) is 0 Å². The van der Waals surface area contributed by atoms with Crippen LogP contribution in [-0.4, -0.2) is 32.2 Å². The van der Waals surface area contributed by atoms with Gasteiger partial charge in [0.25, 0.3) is 0 Å². The Hall–Kier alpha value is -1.76.